The van der Waals surface area contributed by atoms with Crippen molar-refractivity contribution in [2.75, 3.05) is 0 Å². The first-order valence-electron chi connectivity index (χ1n) is 4.94. The first-order chi connectivity index (χ1) is 7.59. The topological polar surface area (TPSA) is 104 Å². The molecule has 0 saturated carbocycles. The molecule has 2 aromatic heterocycles. The summed E-state index contributed by atoms with van der Waals surface area (Å²) in [6, 6.07) is 0. The van der Waals surface area contributed by atoms with Crippen LogP contribution in [0.3, 0.4) is 0 Å². The Kier molecular flexibility index (Phi) is 2.61. The van der Waals surface area contributed by atoms with Crippen molar-refractivity contribution in [2.24, 2.45) is 0 Å². The molecule has 0 bridgehead atoms. The fraction of sp³-hybridized carbons (Fsp3) is 0.444. The smallest absolute Gasteiger partial charge is 0.330 e. The van der Waals surface area contributed by atoms with Crippen LogP contribution in [0.15, 0.2) is 15.9 Å². The number of imidazole rings is 1. The molecule has 0 aliphatic carbocycles. The van der Waals surface area contributed by atoms with Crippen molar-refractivity contribution in [2.45, 2.75) is 26.0 Å². The predicted molar refractivity (Wildman–Crippen MR) is 57.3 cm³/mol. The second-order valence-corrected chi connectivity index (χ2v) is 3.65. The monoisotopic (exact) mass is 224 g/mol. The van der Waals surface area contributed by atoms with E-state index < -0.39 is 17.4 Å². The average molecular weight is 224 g/mol. The van der Waals surface area contributed by atoms with Gasteiger partial charge in [-0.25, -0.2) is 9.78 Å². The number of H-pyrrole nitrogens is 2. The van der Waals surface area contributed by atoms with Crippen LogP contribution in [-0.4, -0.2) is 30.7 Å². The van der Waals surface area contributed by atoms with Crippen molar-refractivity contribution in [3.05, 3.63) is 27.2 Å². The zero-order valence-corrected chi connectivity index (χ0v) is 8.73. The lowest BCUT2D eigenvalue weighted by Crippen LogP contribution is -2.35. The lowest BCUT2D eigenvalue weighted by molar-refractivity contribution is 0.177. The number of aromatic amines is 2. The van der Waals surface area contributed by atoms with E-state index in [-0.39, 0.29) is 17.7 Å². The molecule has 0 aliphatic rings. The van der Waals surface area contributed by atoms with Crippen LogP contribution in [0.25, 0.3) is 11.2 Å². The van der Waals surface area contributed by atoms with Crippen LogP contribution in [0.4, 0.5) is 0 Å². The summed E-state index contributed by atoms with van der Waals surface area (Å²) in [6.07, 6.45) is 1.15. The van der Waals surface area contributed by atoms with Crippen LogP contribution in [0.1, 0.15) is 13.3 Å². The Morgan fingerprint density at radius 1 is 1.56 bits per heavy atom. The van der Waals surface area contributed by atoms with Gasteiger partial charge >= 0.3 is 5.69 Å². The maximum Gasteiger partial charge on any atom is 0.330 e. The molecule has 0 spiro atoms. The molecule has 0 saturated heterocycles. The third-order valence-electron chi connectivity index (χ3n) is 2.34. The number of nitrogens with zero attached hydrogens (tertiary/aromatic N) is 2. The first-order valence-corrected chi connectivity index (χ1v) is 4.94. The van der Waals surface area contributed by atoms with Crippen molar-refractivity contribution in [3.8, 4) is 0 Å². The Morgan fingerprint density at radius 3 is 3.00 bits per heavy atom. The number of hydrogen-bond donors (Lipinski definition) is 3. The SMILES string of the molecule is CC(O)CCn1c(=O)[nH]c2nc[nH]c2c1=O. The minimum absolute atomic E-state index is 0.181. The molecule has 3 N–H and O–H groups in total. The van der Waals surface area contributed by atoms with Gasteiger partial charge in [0.15, 0.2) is 5.65 Å². The van der Waals surface area contributed by atoms with Crippen LogP contribution in [0.5, 0.6) is 0 Å². The summed E-state index contributed by atoms with van der Waals surface area (Å²) in [5.74, 6) is 0. The molecule has 0 fully saturated rings. The van der Waals surface area contributed by atoms with Crippen LogP contribution >= 0.6 is 0 Å². The van der Waals surface area contributed by atoms with Crippen molar-refractivity contribution in [1.82, 2.24) is 19.5 Å². The van der Waals surface area contributed by atoms with Gasteiger partial charge in [0.05, 0.1) is 12.4 Å². The van der Waals surface area contributed by atoms with Crippen LogP contribution in [0.2, 0.25) is 0 Å². The Balaban J connectivity index is 2.52. The van der Waals surface area contributed by atoms with Gasteiger partial charge in [0.1, 0.15) is 5.52 Å². The van der Waals surface area contributed by atoms with Crippen LogP contribution in [-0.2, 0) is 6.54 Å². The summed E-state index contributed by atoms with van der Waals surface area (Å²) in [7, 11) is 0. The molecule has 16 heavy (non-hydrogen) atoms. The fourth-order valence-corrected chi connectivity index (χ4v) is 1.47. The molecule has 1 unspecified atom stereocenters. The minimum Gasteiger partial charge on any atom is -0.393 e. The second kappa shape index (κ2) is 3.93. The molecule has 0 radical (unpaired) electrons. The van der Waals surface area contributed by atoms with E-state index in [4.69, 9.17) is 5.11 Å². The number of fused-ring (bicyclic) bond motifs is 1. The quantitative estimate of drug-likeness (QED) is 0.633. The highest BCUT2D eigenvalue weighted by atomic mass is 16.3. The van der Waals surface area contributed by atoms with E-state index in [0.29, 0.717) is 6.42 Å². The third-order valence-corrected chi connectivity index (χ3v) is 2.34. The summed E-state index contributed by atoms with van der Waals surface area (Å²) >= 11 is 0. The van der Waals surface area contributed by atoms with Crippen LogP contribution in [0, 0.1) is 0 Å². The standard InChI is InChI=1S/C9H12N4O3/c1-5(14)2-3-13-8(15)6-7(11-4-10-6)12-9(13)16/h4-5,14H,2-3H2,1H3,(H,10,11)(H,12,16). The zero-order valence-electron chi connectivity index (χ0n) is 8.73. The molecule has 7 nitrogen and oxygen atoms in total. The number of aromatic nitrogens is 4. The molecule has 0 aliphatic heterocycles. The molecular weight excluding hydrogens is 212 g/mol. The second-order valence-electron chi connectivity index (χ2n) is 3.65. The van der Waals surface area contributed by atoms with Gasteiger partial charge in [-0.3, -0.25) is 14.3 Å². The highest BCUT2D eigenvalue weighted by molar-refractivity contribution is 5.67. The van der Waals surface area contributed by atoms with Crippen molar-refractivity contribution in [3.63, 3.8) is 0 Å². The van der Waals surface area contributed by atoms with E-state index in [1.807, 2.05) is 0 Å². The molecule has 1 atom stereocenters. The first kappa shape index (κ1) is 10.6. The Bertz CT molecular complexity index is 607. The van der Waals surface area contributed by atoms with E-state index in [1.165, 1.54) is 6.33 Å². The molecule has 2 aromatic rings. The van der Waals surface area contributed by atoms with E-state index in [0.717, 1.165) is 4.57 Å². The molecule has 86 valence electrons. The summed E-state index contributed by atoms with van der Waals surface area (Å²) < 4.78 is 1.05. The summed E-state index contributed by atoms with van der Waals surface area (Å²) in [5, 5.41) is 9.12. The number of nitrogens with one attached hydrogen (secondary N) is 2. The van der Waals surface area contributed by atoms with Gasteiger partial charge in [0, 0.05) is 6.54 Å². The molecule has 0 aromatic carbocycles. The van der Waals surface area contributed by atoms with Crippen LogP contribution < -0.4 is 11.2 Å². The van der Waals surface area contributed by atoms with Gasteiger partial charge in [0.25, 0.3) is 5.56 Å². The lowest BCUT2D eigenvalue weighted by atomic mass is 10.3. The van der Waals surface area contributed by atoms with Gasteiger partial charge in [-0.1, -0.05) is 0 Å². The minimum atomic E-state index is -0.552. The van der Waals surface area contributed by atoms with Gasteiger partial charge in [-0.2, -0.15) is 0 Å². The Labute approximate surface area is 89.8 Å². The van der Waals surface area contributed by atoms with Crippen molar-refractivity contribution < 1.29 is 5.11 Å². The predicted octanol–water partition coefficient (Wildman–Crippen LogP) is -0.816. The van der Waals surface area contributed by atoms with Gasteiger partial charge in [-0.15, -0.1) is 0 Å². The Morgan fingerprint density at radius 2 is 2.31 bits per heavy atom. The van der Waals surface area contributed by atoms with Gasteiger partial charge in [0.2, 0.25) is 0 Å². The zero-order chi connectivity index (χ0) is 11.7. The normalized spacial score (nSPS) is 13.1. The summed E-state index contributed by atoms with van der Waals surface area (Å²) in [5.41, 5.74) is -0.407. The van der Waals surface area contributed by atoms with E-state index in [9.17, 15) is 9.59 Å². The fourth-order valence-electron chi connectivity index (χ4n) is 1.47. The molecule has 0 amide bonds. The largest absolute Gasteiger partial charge is 0.393 e. The highest BCUT2D eigenvalue weighted by Gasteiger charge is 2.09. The van der Waals surface area contributed by atoms with E-state index >= 15 is 0 Å². The van der Waals surface area contributed by atoms with E-state index in [2.05, 4.69) is 15.0 Å². The number of rotatable bonds is 3. The molecule has 7 heteroatoms. The molecular formula is C9H12N4O3. The number of aliphatic hydroxyl groups is 1. The Hall–Kier alpha value is -1.89. The maximum absolute atomic E-state index is 11.8. The highest BCUT2D eigenvalue weighted by Crippen LogP contribution is 1.96. The average Bonchev–Trinajstić information content (AvgIpc) is 2.64. The molecule has 2 heterocycles. The van der Waals surface area contributed by atoms with Gasteiger partial charge in [-0.05, 0) is 13.3 Å². The van der Waals surface area contributed by atoms with Gasteiger partial charge < -0.3 is 10.1 Å². The number of hydrogen-bond acceptors (Lipinski definition) is 4. The molecule has 2 rings (SSSR count). The third kappa shape index (κ3) is 1.76. The van der Waals surface area contributed by atoms with Crippen molar-refractivity contribution in [1.29, 1.82) is 0 Å². The van der Waals surface area contributed by atoms with Crippen molar-refractivity contribution >= 4 is 11.2 Å². The number of aliphatic hydroxyl groups excluding tert-OH is 1. The van der Waals surface area contributed by atoms with E-state index in [1.54, 1.807) is 6.92 Å². The lowest BCUT2D eigenvalue weighted by Gasteiger charge is -2.05. The summed E-state index contributed by atoms with van der Waals surface area (Å²) in [4.78, 5) is 32.3. The summed E-state index contributed by atoms with van der Waals surface area (Å²) in [6.45, 7) is 1.79. The maximum atomic E-state index is 11.8.